The number of hydrogen-bond donors (Lipinski definition) is 4. The number of para-hydroxylation sites is 2. The van der Waals surface area contributed by atoms with Crippen molar-refractivity contribution < 1.29 is 14.7 Å². The van der Waals surface area contributed by atoms with Crippen LogP contribution in [0.3, 0.4) is 0 Å². The molecule has 5 rings (SSSR count). The van der Waals surface area contributed by atoms with Crippen LogP contribution in [0.5, 0.6) is 0 Å². The van der Waals surface area contributed by atoms with Crippen LogP contribution in [0.15, 0.2) is 91.0 Å². The number of amides is 2. The molecule has 1 aromatic heterocycles. The molecule has 9 nitrogen and oxygen atoms in total. The van der Waals surface area contributed by atoms with Gasteiger partial charge in [-0.05, 0) is 78.4 Å². The van der Waals surface area contributed by atoms with Crippen molar-refractivity contribution in [3.63, 3.8) is 0 Å². The summed E-state index contributed by atoms with van der Waals surface area (Å²) in [5, 5.41) is 21.4. The smallest absolute Gasteiger partial charge is 0.251 e. The number of nitrogens with one attached hydrogen (secondary N) is 3. The first kappa shape index (κ1) is 35.7. The van der Waals surface area contributed by atoms with E-state index in [0.717, 1.165) is 51.8 Å². The second kappa shape index (κ2) is 17.2. The van der Waals surface area contributed by atoms with Crippen LogP contribution >= 0.6 is 0 Å². The van der Waals surface area contributed by atoms with E-state index >= 15 is 0 Å². The maximum atomic E-state index is 13.8. The van der Waals surface area contributed by atoms with Crippen LogP contribution in [0.2, 0.25) is 0 Å². The summed E-state index contributed by atoms with van der Waals surface area (Å²) in [5.74, 6) is 0.917. The number of imidazole rings is 1. The molecule has 1 heterocycles. The van der Waals surface area contributed by atoms with Gasteiger partial charge in [-0.15, -0.1) is 0 Å². The lowest BCUT2D eigenvalue weighted by Gasteiger charge is -2.26. The quantitative estimate of drug-likeness (QED) is 0.101. The predicted octanol–water partition coefficient (Wildman–Crippen LogP) is 5.72. The normalized spacial score (nSPS) is 12.9. The molecule has 0 aliphatic heterocycles. The lowest BCUT2D eigenvalue weighted by molar-refractivity contribution is -0.123. The molecule has 4 aromatic carbocycles. The number of fused-ring (bicyclic) bond motifs is 2. The van der Waals surface area contributed by atoms with E-state index in [-0.39, 0.29) is 24.5 Å². The Bertz CT molecular complexity index is 1830. The van der Waals surface area contributed by atoms with Gasteiger partial charge in [0.1, 0.15) is 11.9 Å². The molecule has 0 aliphatic rings. The van der Waals surface area contributed by atoms with Crippen LogP contribution < -0.4 is 16.0 Å². The van der Waals surface area contributed by atoms with Gasteiger partial charge in [0.25, 0.3) is 5.91 Å². The summed E-state index contributed by atoms with van der Waals surface area (Å²) in [6.07, 6.45) is 1.17. The number of aliphatic hydroxyl groups is 1. The van der Waals surface area contributed by atoms with Crippen LogP contribution in [0.1, 0.15) is 67.0 Å². The van der Waals surface area contributed by atoms with E-state index < -0.39 is 6.04 Å². The standard InChI is InChI=1S/C40H50N6O3/c1-28(2)27-46(23-24-47)22-10-16-36(40(49)42-29(3)33-14-9-12-31-11-5-6-13-34(31)33)44-39(48)32-20-18-30(19-21-32)25-41-26-38-43-35-15-7-8-17-37(35)45(38)4/h5-9,11-15,17-21,28-29,36,41,47H,10,16,22-27H2,1-4H3,(H,42,49)(H,44,48)/t29-,36?/m0/s1. The Kier molecular flexibility index (Phi) is 12.5. The second-order valence-corrected chi connectivity index (χ2v) is 13.3. The fourth-order valence-electron chi connectivity index (χ4n) is 6.45. The van der Waals surface area contributed by atoms with E-state index in [1.54, 1.807) is 12.1 Å². The molecule has 1 unspecified atom stereocenters. The fraction of sp³-hybridized carbons (Fsp3) is 0.375. The molecule has 0 spiro atoms. The Morgan fingerprint density at radius 1 is 0.857 bits per heavy atom. The summed E-state index contributed by atoms with van der Waals surface area (Å²) in [7, 11) is 2.02. The molecule has 258 valence electrons. The highest BCUT2D eigenvalue weighted by molar-refractivity contribution is 5.97. The molecule has 0 saturated heterocycles. The van der Waals surface area contributed by atoms with Crippen molar-refractivity contribution in [2.24, 2.45) is 13.0 Å². The summed E-state index contributed by atoms with van der Waals surface area (Å²) in [4.78, 5) is 34.2. The highest BCUT2D eigenvalue weighted by Gasteiger charge is 2.24. The number of carbonyl (C=O) groups excluding carboxylic acids is 2. The topological polar surface area (TPSA) is 112 Å². The van der Waals surface area contributed by atoms with Gasteiger partial charge in [-0.25, -0.2) is 4.98 Å². The molecule has 0 fully saturated rings. The maximum absolute atomic E-state index is 13.8. The third-order valence-electron chi connectivity index (χ3n) is 8.99. The van der Waals surface area contributed by atoms with Gasteiger partial charge in [-0.2, -0.15) is 0 Å². The van der Waals surface area contributed by atoms with Crippen molar-refractivity contribution in [3.8, 4) is 0 Å². The van der Waals surface area contributed by atoms with Crippen LogP contribution in [-0.2, 0) is 24.9 Å². The monoisotopic (exact) mass is 662 g/mol. The Labute approximate surface area is 289 Å². The van der Waals surface area contributed by atoms with Crippen molar-refractivity contribution in [1.82, 2.24) is 30.4 Å². The van der Waals surface area contributed by atoms with Crippen LogP contribution in [0.25, 0.3) is 21.8 Å². The minimum atomic E-state index is -0.713. The molecule has 0 radical (unpaired) electrons. The zero-order chi connectivity index (χ0) is 34.8. The first-order valence-electron chi connectivity index (χ1n) is 17.4. The Balaban J connectivity index is 1.22. The van der Waals surface area contributed by atoms with Gasteiger partial charge in [0, 0.05) is 32.2 Å². The highest BCUT2D eigenvalue weighted by Crippen LogP contribution is 2.24. The van der Waals surface area contributed by atoms with E-state index in [9.17, 15) is 14.7 Å². The van der Waals surface area contributed by atoms with Crippen molar-refractivity contribution in [3.05, 3.63) is 114 Å². The number of hydrogen-bond acceptors (Lipinski definition) is 6. The zero-order valence-electron chi connectivity index (χ0n) is 29.2. The third-order valence-corrected chi connectivity index (χ3v) is 8.99. The van der Waals surface area contributed by atoms with Gasteiger partial charge in [0.2, 0.25) is 5.91 Å². The van der Waals surface area contributed by atoms with Crippen LogP contribution in [0.4, 0.5) is 0 Å². The molecule has 0 saturated carbocycles. The summed E-state index contributed by atoms with van der Waals surface area (Å²) < 4.78 is 2.10. The molecule has 49 heavy (non-hydrogen) atoms. The minimum Gasteiger partial charge on any atom is -0.395 e. The van der Waals surface area contributed by atoms with Gasteiger partial charge >= 0.3 is 0 Å². The molecule has 2 amide bonds. The molecule has 4 N–H and O–H groups in total. The molecule has 0 aliphatic carbocycles. The molecular weight excluding hydrogens is 612 g/mol. The number of carbonyl (C=O) groups is 2. The van der Waals surface area contributed by atoms with E-state index in [0.29, 0.717) is 44.0 Å². The number of aryl methyl sites for hydroxylation is 1. The van der Waals surface area contributed by atoms with Gasteiger partial charge in [-0.1, -0.05) is 80.6 Å². The fourth-order valence-corrected chi connectivity index (χ4v) is 6.45. The average molecular weight is 663 g/mol. The predicted molar refractivity (Wildman–Crippen MR) is 197 cm³/mol. The van der Waals surface area contributed by atoms with Gasteiger partial charge in [0.05, 0.1) is 30.2 Å². The van der Waals surface area contributed by atoms with Gasteiger partial charge < -0.3 is 30.5 Å². The first-order chi connectivity index (χ1) is 23.7. The van der Waals surface area contributed by atoms with Gasteiger partial charge in [-0.3, -0.25) is 9.59 Å². The summed E-state index contributed by atoms with van der Waals surface area (Å²) in [5.41, 5.74) is 4.65. The molecule has 5 aromatic rings. The minimum absolute atomic E-state index is 0.0848. The number of benzene rings is 4. The molecule has 2 atom stereocenters. The van der Waals surface area contributed by atoms with Crippen LogP contribution in [0, 0.1) is 5.92 Å². The van der Waals surface area contributed by atoms with E-state index in [1.807, 2.05) is 68.6 Å². The van der Waals surface area contributed by atoms with Gasteiger partial charge in [0.15, 0.2) is 0 Å². The number of aromatic nitrogens is 2. The third kappa shape index (κ3) is 9.53. The largest absolute Gasteiger partial charge is 0.395 e. The highest BCUT2D eigenvalue weighted by atomic mass is 16.3. The van der Waals surface area contributed by atoms with E-state index in [1.165, 1.54) is 0 Å². The van der Waals surface area contributed by atoms with Crippen molar-refractivity contribution in [2.75, 3.05) is 26.2 Å². The van der Waals surface area contributed by atoms with Crippen molar-refractivity contribution >= 4 is 33.6 Å². The van der Waals surface area contributed by atoms with E-state index in [4.69, 9.17) is 4.98 Å². The first-order valence-corrected chi connectivity index (χ1v) is 17.4. The van der Waals surface area contributed by atoms with Crippen molar-refractivity contribution in [1.29, 1.82) is 0 Å². The Hall–Kier alpha value is -4.57. The average Bonchev–Trinajstić information content (AvgIpc) is 3.42. The molecule has 0 bridgehead atoms. The maximum Gasteiger partial charge on any atom is 0.251 e. The summed E-state index contributed by atoms with van der Waals surface area (Å²) in [6, 6.07) is 28.9. The lowest BCUT2D eigenvalue weighted by atomic mass is 9.99. The number of aliphatic hydroxyl groups excluding tert-OH is 1. The lowest BCUT2D eigenvalue weighted by Crippen LogP contribution is -2.47. The summed E-state index contributed by atoms with van der Waals surface area (Å²) in [6.45, 7) is 9.79. The molecule has 9 heteroatoms. The SMILES string of the molecule is CC(C)CN(CCO)CCCC(NC(=O)c1ccc(CNCc2nc3ccccc3n2C)cc1)C(=O)N[C@@H](C)c1cccc2ccccc12. The number of rotatable bonds is 17. The zero-order valence-corrected chi connectivity index (χ0v) is 29.2. The molecular formula is C40H50N6O3. The summed E-state index contributed by atoms with van der Waals surface area (Å²) >= 11 is 0. The second-order valence-electron chi connectivity index (χ2n) is 13.3. The van der Waals surface area contributed by atoms with E-state index in [2.05, 4.69) is 63.5 Å². The Morgan fingerprint density at radius 3 is 2.35 bits per heavy atom. The Morgan fingerprint density at radius 2 is 1.59 bits per heavy atom. The van der Waals surface area contributed by atoms with Crippen LogP contribution in [-0.4, -0.2) is 63.7 Å². The van der Waals surface area contributed by atoms with Crippen molar-refractivity contribution in [2.45, 2.75) is 58.8 Å². The number of nitrogens with zero attached hydrogens (tertiary/aromatic N) is 3.